The molecule has 0 spiro atoms. The van der Waals surface area contributed by atoms with E-state index >= 15 is 0 Å². The number of non-ortho nitro benzene ring substituents is 1. The van der Waals surface area contributed by atoms with E-state index in [1.165, 1.54) is 12.3 Å². The molecular formula is C13H9N3O2. The van der Waals surface area contributed by atoms with Crippen LogP contribution in [0.25, 0.3) is 16.8 Å². The molecule has 1 heterocycles. The lowest BCUT2D eigenvalue weighted by atomic mass is 10.0. The highest BCUT2D eigenvalue weighted by atomic mass is 16.6. The Bertz CT molecular complexity index is 671. The number of hydrogen-bond donors (Lipinski definition) is 0. The number of nitro groups is 1. The summed E-state index contributed by atoms with van der Waals surface area (Å²) in [6, 6.07) is 6.87. The van der Waals surface area contributed by atoms with Crippen LogP contribution in [0.3, 0.4) is 0 Å². The first kappa shape index (κ1) is 11.7. The van der Waals surface area contributed by atoms with Crippen LogP contribution in [0, 0.1) is 21.4 Å². The third kappa shape index (κ3) is 2.18. The Balaban J connectivity index is 2.61. The molecule has 2 rings (SSSR count). The highest BCUT2D eigenvalue weighted by Gasteiger charge is 2.12. The highest BCUT2D eigenvalue weighted by Crippen LogP contribution is 2.28. The SMILES string of the molecule is N#CCC=Cc1ccc([N+](=O)[O-])c2cnccc12. The minimum Gasteiger partial charge on any atom is -0.264 e. The van der Waals surface area contributed by atoms with Crippen molar-refractivity contribution in [2.45, 2.75) is 6.42 Å². The Morgan fingerprint density at radius 3 is 2.94 bits per heavy atom. The van der Waals surface area contributed by atoms with Gasteiger partial charge in [-0.2, -0.15) is 5.26 Å². The van der Waals surface area contributed by atoms with E-state index in [4.69, 9.17) is 5.26 Å². The second-order valence-electron chi connectivity index (χ2n) is 3.62. The summed E-state index contributed by atoms with van der Waals surface area (Å²) in [6.45, 7) is 0. The Hall–Kier alpha value is -2.74. The molecule has 0 aliphatic heterocycles. The summed E-state index contributed by atoms with van der Waals surface area (Å²) in [4.78, 5) is 14.4. The quantitative estimate of drug-likeness (QED) is 0.609. The molecule has 0 aliphatic carbocycles. The van der Waals surface area contributed by atoms with Crippen molar-refractivity contribution in [2.75, 3.05) is 0 Å². The fraction of sp³-hybridized carbons (Fsp3) is 0.0769. The molecule has 5 nitrogen and oxygen atoms in total. The van der Waals surface area contributed by atoms with Gasteiger partial charge in [-0.3, -0.25) is 15.1 Å². The van der Waals surface area contributed by atoms with Crippen molar-refractivity contribution in [3.05, 3.63) is 52.3 Å². The second kappa shape index (κ2) is 5.06. The minimum absolute atomic E-state index is 0.0375. The van der Waals surface area contributed by atoms with Crippen molar-refractivity contribution in [3.8, 4) is 6.07 Å². The zero-order chi connectivity index (χ0) is 13.0. The number of nitrogens with zero attached hydrogens (tertiary/aromatic N) is 3. The van der Waals surface area contributed by atoms with Gasteiger partial charge in [0, 0.05) is 18.5 Å². The van der Waals surface area contributed by atoms with Crippen LogP contribution in [0.5, 0.6) is 0 Å². The van der Waals surface area contributed by atoms with E-state index < -0.39 is 4.92 Å². The molecule has 2 aromatic rings. The second-order valence-corrected chi connectivity index (χ2v) is 3.62. The fourth-order valence-corrected chi connectivity index (χ4v) is 1.74. The minimum atomic E-state index is -0.424. The average Bonchev–Trinajstić information content (AvgIpc) is 2.38. The standard InChI is InChI=1S/C13H9N3O2/c14-7-2-1-3-10-4-5-13(16(17)18)12-9-15-8-6-11(10)12/h1,3-6,8-9H,2H2. The molecule has 88 valence electrons. The van der Waals surface area contributed by atoms with Crippen LogP contribution >= 0.6 is 0 Å². The summed E-state index contributed by atoms with van der Waals surface area (Å²) < 4.78 is 0. The molecule has 1 aromatic heterocycles. The Labute approximate surface area is 103 Å². The van der Waals surface area contributed by atoms with E-state index in [0.717, 1.165) is 10.9 Å². The Morgan fingerprint density at radius 2 is 2.22 bits per heavy atom. The van der Waals surface area contributed by atoms with Crippen LogP contribution in [-0.4, -0.2) is 9.91 Å². The van der Waals surface area contributed by atoms with Gasteiger partial charge in [0.15, 0.2) is 0 Å². The first-order valence-electron chi connectivity index (χ1n) is 5.28. The maximum absolute atomic E-state index is 10.9. The lowest BCUT2D eigenvalue weighted by Gasteiger charge is -2.02. The number of allylic oxidation sites excluding steroid dienone is 1. The van der Waals surface area contributed by atoms with Crippen LogP contribution in [0.4, 0.5) is 5.69 Å². The molecule has 18 heavy (non-hydrogen) atoms. The molecule has 0 radical (unpaired) electrons. The summed E-state index contributed by atoms with van der Waals surface area (Å²) in [6.07, 6.45) is 6.89. The van der Waals surface area contributed by atoms with E-state index in [0.29, 0.717) is 11.8 Å². The van der Waals surface area contributed by atoms with Crippen LogP contribution in [0.1, 0.15) is 12.0 Å². The maximum Gasteiger partial charge on any atom is 0.278 e. The number of benzene rings is 1. The van der Waals surface area contributed by atoms with Crippen LogP contribution in [-0.2, 0) is 0 Å². The largest absolute Gasteiger partial charge is 0.278 e. The molecule has 0 saturated heterocycles. The lowest BCUT2D eigenvalue weighted by Crippen LogP contribution is -1.91. The van der Waals surface area contributed by atoms with E-state index in [1.807, 2.05) is 6.07 Å². The maximum atomic E-state index is 10.9. The van der Waals surface area contributed by atoms with Gasteiger partial charge in [0.1, 0.15) is 0 Å². The van der Waals surface area contributed by atoms with Gasteiger partial charge < -0.3 is 0 Å². The zero-order valence-corrected chi connectivity index (χ0v) is 9.41. The normalized spacial score (nSPS) is 10.6. The molecule has 0 N–H and O–H groups in total. The zero-order valence-electron chi connectivity index (χ0n) is 9.41. The Kier molecular flexibility index (Phi) is 3.30. The van der Waals surface area contributed by atoms with Gasteiger partial charge in [-0.25, -0.2) is 0 Å². The molecule has 1 aromatic carbocycles. The number of nitro benzene ring substituents is 1. The molecule has 0 atom stereocenters. The van der Waals surface area contributed by atoms with Gasteiger partial charge in [-0.15, -0.1) is 0 Å². The molecule has 0 amide bonds. The number of rotatable bonds is 3. The van der Waals surface area contributed by atoms with Gasteiger partial charge in [-0.05, 0) is 23.1 Å². The number of pyridine rings is 1. The van der Waals surface area contributed by atoms with Crippen molar-refractivity contribution in [1.29, 1.82) is 5.26 Å². The predicted octanol–water partition coefficient (Wildman–Crippen LogP) is 3.07. The van der Waals surface area contributed by atoms with Crippen LogP contribution in [0.15, 0.2) is 36.7 Å². The van der Waals surface area contributed by atoms with E-state index in [-0.39, 0.29) is 5.69 Å². The molecule has 0 saturated carbocycles. The van der Waals surface area contributed by atoms with Crippen LogP contribution in [0.2, 0.25) is 0 Å². The van der Waals surface area contributed by atoms with Crippen molar-refractivity contribution in [3.63, 3.8) is 0 Å². The van der Waals surface area contributed by atoms with E-state index in [2.05, 4.69) is 4.98 Å². The fourth-order valence-electron chi connectivity index (χ4n) is 1.74. The van der Waals surface area contributed by atoms with E-state index in [1.54, 1.807) is 30.5 Å². The number of hydrogen-bond acceptors (Lipinski definition) is 4. The molecule has 0 unspecified atom stereocenters. The highest BCUT2D eigenvalue weighted by molar-refractivity contribution is 5.96. The summed E-state index contributed by atoms with van der Waals surface area (Å²) in [5, 5.41) is 20.6. The first-order valence-corrected chi connectivity index (χ1v) is 5.28. The average molecular weight is 239 g/mol. The summed E-state index contributed by atoms with van der Waals surface area (Å²) >= 11 is 0. The predicted molar refractivity (Wildman–Crippen MR) is 67.7 cm³/mol. The molecule has 5 heteroatoms. The smallest absolute Gasteiger partial charge is 0.264 e. The van der Waals surface area contributed by atoms with Gasteiger partial charge in [-0.1, -0.05) is 12.2 Å². The van der Waals surface area contributed by atoms with Crippen LogP contribution < -0.4 is 0 Å². The summed E-state index contributed by atoms with van der Waals surface area (Å²) in [5.74, 6) is 0. The third-order valence-electron chi connectivity index (χ3n) is 2.53. The molecule has 0 aliphatic rings. The van der Waals surface area contributed by atoms with Crippen molar-refractivity contribution < 1.29 is 4.92 Å². The van der Waals surface area contributed by atoms with Gasteiger partial charge in [0.2, 0.25) is 0 Å². The molecule has 0 bridgehead atoms. The van der Waals surface area contributed by atoms with Gasteiger partial charge in [0.05, 0.1) is 22.8 Å². The van der Waals surface area contributed by atoms with Crippen molar-refractivity contribution in [1.82, 2.24) is 4.98 Å². The Morgan fingerprint density at radius 1 is 1.39 bits per heavy atom. The van der Waals surface area contributed by atoms with E-state index in [9.17, 15) is 10.1 Å². The monoisotopic (exact) mass is 239 g/mol. The number of aromatic nitrogens is 1. The summed E-state index contributed by atoms with van der Waals surface area (Å²) in [7, 11) is 0. The number of nitriles is 1. The lowest BCUT2D eigenvalue weighted by molar-refractivity contribution is -0.383. The molecular weight excluding hydrogens is 230 g/mol. The number of fused-ring (bicyclic) bond motifs is 1. The first-order chi connectivity index (χ1) is 8.74. The topological polar surface area (TPSA) is 79.8 Å². The third-order valence-corrected chi connectivity index (χ3v) is 2.53. The van der Waals surface area contributed by atoms with Gasteiger partial charge in [0.25, 0.3) is 5.69 Å². The van der Waals surface area contributed by atoms with Gasteiger partial charge >= 0.3 is 0 Å². The molecule has 0 fully saturated rings. The van der Waals surface area contributed by atoms with Crippen molar-refractivity contribution >= 4 is 22.5 Å². The van der Waals surface area contributed by atoms with Crippen molar-refractivity contribution in [2.24, 2.45) is 0 Å². The summed E-state index contributed by atoms with van der Waals surface area (Å²) in [5.41, 5.74) is 0.879.